The van der Waals surface area contributed by atoms with Crippen molar-refractivity contribution < 1.29 is 17.0 Å². The Morgan fingerprint density at radius 1 is 0.625 bits per heavy atom. The fraction of sp³-hybridized carbons (Fsp3) is 1.00. The average Bonchev–Trinajstić information content (AvgIpc) is 2.31. The SMILES string of the molecule is C[P+](C)(C1CCCCC1)C1CCCCC1.[Br-]. The first-order chi connectivity index (χ1) is 7.21. The van der Waals surface area contributed by atoms with E-state index < -0.39 is 7.26 Å². The first kappa shape index (κ1) is 15.0. The average molecular weight is 307 g/mol. The molecule has 0 heterocycles. The minimum Gasteiger partial charge on any atom is -1.00 e. The molecule has 16 heavy (non-hydrogen) atoms. The summed E-state index contributed by atoms with van der Waals surface area (Å²) in [6.45, 7) is 5.36. The summed E-state index contributed by atoms with van der Waals surface area (Å²) < 4.78 is 0. The lowest BCUT2D eigenvalue weighted by Crippen LogP contribution is -3.00. The van der Waals surface area contributed by atoms with Crippen molar-refractivity contribution in [3.8, 4) is 0 Å². The van der Waals surface area contributed by atoms with E-state index in [4.69, 9.17) is 0 Å². The van der Waals surface area contributed by atoms with E-state index in [1.54, 1.807) is 25.7 Å². The van der Waals surface area contributed by atoms with Crippen LogP contribution >= 0.6 is 7.26 Å². The monoisotopic (exact) mass is 306 g/mol. The molecular weight excluding hydrogens is 279 g/mol. The smallest absolute Gasteiger partial charge is 0.0695 e. The maximum Gasteiger partial charge on any atom is 0.0695 e. The fourth-order valence-corrected chi connectivity index (χ4v) is 7.78. The minimum absolute atomic E-state index is 0. The molecule has 0 nitrogen and oxygen atoms in total. The maximum atomic E-state index is 2.68. The van der Waals surface area contributed by atoms with Crippen molar-refractivity contribution >= 4 is 7.26 Å². The van der Waals surface area contributed by atoms with E-state index >= 15 is 0 Å². The molecule has 0 aliphatic heterocycles. The molecule has 0 spiro atoms. The second-order valence-corrected chi connectivity index (χ2v) is 10.9. The van der Waals surface area contributed by atoms with Crippen LogP contribution in [0, 0.1) is 0 Å². The van der Waals surface area contributed by atoms with E-state index in [-0.39, 0.29) is 17.0 Å². The van der Waals surface area contributed by atoms with Gasteiger partial charge >= 0.3 is 0 Å². The van der Waals surface area contributed by atoms with Crippen LogP contribution in [0.25, 0.3) is 0 Å². The quantitative estimate of drug-likeness (QED) is 0.684. The lowest BCUT2D eigenvalue weighted by Gasteiger charge is -2.38. The number of rotatable bonds is 2. The van der Waals surface area contributed by atoms with Gasteiger partial charge in [-0.25, -0.2) is 0 Å². The Hall–Kier alpha value is 0.910. The van der Waals surface area contributed by atoms with Gasteiger partial charge in [-0.1, -0.05) is 12.8 Å². The molecule has 2 aliphatic rings. The van der Waals surface area contributed by atoms with Crippen molar-refractivity contribution in [1.29, 1.82) is 0 Å². The van der Waals surface area contributed by atoms with Gasteiger partial charge in [0.15, 0.2) is 0 Å². The molecule has 2 saturated carbocycles. The van der Waals surface area contributed by atoms with Gasteiger partial charge in [-0.05, 0) is 51.4 Å². The third kappa shape index (κ3) is 3.45. The zero-order valence-electron chi connectivity index (χ0n) is 11.1. The van der Waals surface area contributed by atoms with Crippen molar-refractivity contribution in [1.82, 2.24) is 0 Å². The Kier molecular flexibility index (Phi) is 6.30. The molecule has 0 saturated heterocycles. The summed E-state index contributed by atoms with van der Waals surface area (Å²) in [6.07, 6.45) is 15.4. The maximum absolute atomic E-state index is 2.68. The molecule has 0 atom stereocenters. The standard InChI is InChI=1S/C14H28P.BrH/c1-15(2,13-9-5-3-6-10-13)14-11-7-4-8-12-14;/h13-14H,3-12H2,1-2H3;1H/q+1;/p-1. The Labute approximate surface area is 113 Å². The molecule has 0 amide bonds. The molecule has 0 unspecified atom stereocenters. The van der Waals surface area contributed by atoms with Crippen LogP contribution in [0.15, 0.2) is 0 Å². The van der Waals surface area contributed by atoms with Crippen LogP contribution in [-0.4, -0.2) is 24.6 Å². The van der Waals surface area contributed by atoms with Crippen molar-refractivity contribution in [2.75, 3.05) is 13.3 Å². The second kappa shape index (κ2) is 6.74. The summed E-state index contributed by atoms with van der Waals surface area (Å²) in [6, 6.07) is 0. The van der Waals surface area contributed by atoms with Crippen molar-refractivity contribution in [2.24, 2.45) is 0 Å². The second-order valence-electron chi connectivity index (χ2n) is 6.21. The van der Waals surface area contributed by atoms with Crippen molar-refractivity contribution in [2.45, 2.75) is 75.5 Å². The van der Waals surface area contributed by atoms with Crippen LogP contribution in [0.1, 0.15) is 64.2 Å². The van der Waals surface area contributed by atoms with Gasteiger partial charge in [0.05, 0.1) is 11.3 Å². The minimum atomic E-state index is -0.593. The van der Waals surface area contributed by atoms with E-state index in [1.807, 2.05) is 0 Å². The molecule has 0 N–H and O–H groups in total. The van der Waals surface area contributed by atoms with Gasteiger partial charge in [0.2, 0.25) is 0 Å². The van der Waals surface area contributed by atoms with Gasteiger partial charge in [-0.3, -0.25) is 0 Å². The third-order valence-electron chi connectivity index (χ3n) is 5.03. The highest BCUT2D eigenvalue weighted by Crippen LogP contribution is 2.66. The Balaban J connectivity index is 0.00000128. The van der Waals surface area contributed by atoms with Crippen LogP contribution in [0.5, 0.6) is 0 Å². The molecule has 2 rings (SSSR count). The van der Waals surface area contributed by atoms with E-state index in [0.717, 1.165) is 11.3 Å². The van der Waals surface area contributed by atoms with Gasteiger partial charge in [-0.15, -0.1) is 0 Å². The van der Waals surface area contributed by atoms with E-state index in [2.05, 4.69) is 13.3 Å². The summed E-state index contributed by atoms with van der Waals surface area (Å²) in [5.41, 5.74) is 2.30. The molecule has 0 bridgehead atoms. The molecule has 96 valence electrons. The summed E-state index contributed by atoms with van der Waals surface area (Å²) >= 11 is 0. The lowest BCUT2D eigenvalue weighted by molar-refractivity contribution is -0.00000336. The Morgan fingerprint density at radius 2 is 0.938 bits per heavy atom. The highest BCUT2D eigenvalue weighted by Gasteiger charge is 2.44. The number of hydrogen-bond donors (Lipinski definition) is 0. The molecule has 0 aromatic rings. The van der Waals surface area contributed by atoms with Gasteiger partial charge in [0, 0.05) is 20.6 Å². The summed E-state index contributed by atoms with van der Waals surface area (Å²) in [5, 5.41) is 0. The van der Waals surface area contributed by atoms with Crippen LogP contribution in [0.3, 0.4) is 0 Å². The molecule has 2 heteroatoms. The van der Waals surface area contributed by atoms with Crippen LogP contribution < -0.4 is 17.0 Å². The van der Waals surface area contributed by atoms with E-state index in [9.17, 15) is 0 Å². The van der Waals surface area contributed by atoms with Crippen LogP contribution in [0.2, 0.25) is 0 Å². The Morgan fingerprint density at radius 3 is 1.25 bits per heavy atom. The zero-order chi connectivity index (χ0) is 10.7. The molecule has 0 aromatic heterocycles. The van der Waals surface area contributed by atoms with Crippen LogP contribution in [-0.2, 0) is 0 Å². The van der Waals surface area contributed by atoms with E-state index in [1.165, 1.54) is 38.5 Å². The Bertz CT molecular complexity index is 171. The molecular formula is C14H28BrP. The first-order valence-corrected chi connectivity index (χ1v) is 9.87. The van der Waals surface area contributed by atoms with Crippen molar-refractivity contribution in [3.63, 3.8) is 0 Å². The molecule has 0 radical (unpaired) electrons. The number of hydrogen-bond acceptors (Lipinski definition) is 0. The largest absolute Gasteiger partial charge is 1.00 e. The summed E-state index contributed by atoms with van der Waals surface area (Å²) in [4.78, 5) is 0. The molecule has 0 aromatic carbocycles. The molecule has 2 fully saturated rings. The van der Waals surface area contributed by atoms with E-state index in [0.29, 0.717) is 0 Å². The first-order valence-electron chi connectivity index (χ1n) is 7.04. The predicted molar refractivity (Wildman–Crippen MR) is 72.5 cm³/mol. The lowest BCUT2D eigenvalue weighted by atomic mass is 9.99. The highest BCUT2D eigenvalue weighted by molar-refractivity contribution is 7.75. The van der Waals surface area contributed by atoms with Crippen LogP contribution in [0.4, 0.5) is 0 Å². The summed E-state index contributed by atoms with van der Waals surface area (Å²) in [7, 11) is -0.593. The molecule has 2 aliphatic carbocycles. The fourth-order valence-electron chi connectivity index (χ4n) is 3.79. The third-order valence-corrected chi connectivity index (χ3v) is 9.83. The normalized spacial score (nSPS) is 25.1. The topological polar surface area (TPSA) is 0 Å². The number of halogens is 1. The van der Waals surface area contributed by atoms with Gasteiger partial charge in [0.25, 0.3) is 0 Å². The van der Waals surface area contributed by atoms with Crippen molar-refractivity contribution in [3.05, 3.63) is 0 Å². The highest BCUT2D eigenvalue weighted by atomic mass is 79.9. The van der Waals surface area contributed by atoms with Gasteiger partial charge < -0.3 is 17.0 Å². The predicted octanol–water partition coefficient (Wildman–Crippen LogP) is 1.93. The van der Waals surface area contributed by atoms with Gasteiger partial charge in [-0.2, -0.15) is 0 Å². The zero-order valence-corrected chi connectivity index (χ0v) is 13.5. The summed E-state index contributed by atoms with van der Waals surface area (Å²) in [5.74, 6) is 0. The van der Waals surface area contributed by atoms with Gasteiger partial charge in [0.1, 0.15) is 0 Å².